The summed E-state index contributed by atoms with van der Waals surface area (Å²) in [4.78, 5) is 23.9. The Morgan fingerprint density at radius 1 is 1.20 bits per heavy atom. The third kappa shape index (κ3) is 4.38. The molecule has 1 heterocycles. The molecule has 0 bridgehead atoms. The first kappa shape index (κ1) is 17.0. The van der Waals surface area contributed by atoms with Crippen LogP contribution in [0, 0.1) is 5.92 Å². The zero-order valence-electron chi connectivity index (χ0n) is 14.5. The van der Waals surface area contributed by atoms with Gasteiger partial charge in [-0.15, -0.1) is 0 Å². The maximum absolute atomic E-state index is 12.5. The zero-order valence-corrected chi connectivity index (χ0v) is 14.5. The van der Waals surface area contributed by atoms with Gasteiger partial charge in [0.05, 0.1) is 6.61 Å². The van der Waals surface area contributed by atoms with Crippen LogP contribution < -0.4 is 15.4 Å². The normalized spacial score (nSPS) is 13.2. The third-order valence-corrected chi connectivity index (χ3v) is 3.94. The van der Waals surface area contributed by atoms with Crippen molar-refractivity contribution in [3.05, 3.63) is 53.6 Å². The highest BCUT2D eigenvalue weighted by Crippen LogP contribution is 2.26. The summed E-state index contributed by atoms with van der Waals surface area (Å²) in [5.41, 5.74) is 3.12. The standard InChI is InChI=1S/C20H22N2O3/c1-13(2)12-25-17-5-3-4-15(11-17)20(24)21-16-7-8-18-14(10-16)6-9-19(23)22-18/h3-5,7-8,10-11,13H,6,9,12H2,1-2H3,(H,21,24)(H,22,23). The lowest BCUT2D eigenvalue weighted by Crippen LogP contribution is -2.19. The van der Waals surface area contributed by atoms with Crippen LogP contribution in [0.3, 0.4) is 0 Å². The molecule has 0 atom stereocenters. The minimum atomic E-state index is -0.185. The van der Waals surface area contributed by atoms with Gasteiger partial charge < -0.3 is 15.4 Å². The highest BCUT2D eigenvalue weighted by molar-refractivity contribution is 6.05. The Labute approximate surface area is 147 Å². The summed E-state index contributed by atoms with van der Waals surface area (Å²) in [5, 5.41) is 5.74. The Hall–Kier alpha value is -2.82. The summed E-state index contributed by atoms with van der Waals surface area (Å²) in [6, 6.07) is 12.7. The van der Waals surface area contributed by atoms with E-state index < -0.39 is 0 Å². The van der Waals surface area contributed by atoms with Crippen LogP contribution in [0.25, 0.3) is 0 Å². The van der Waals surface area contributed by atoms with Crippen LogP contribution in [0.4, 0.5) is 11.4 Å². The molecule has 0 aromatic heterocycles. The number of carbonyl (C=O) groups is 2. The molecule has 130 valence electrons. The third-order valence-electron chi connectivity index (χ3n) is 3.94. The Kier molecular flexibility index (Phi) is 5.03. The van der Waals surface area contributed by atoms with Gasteiger partial charge in [0.2, 0.25) is 5.91 Å². The van der Waals surface area contributed by atoms with Gasteiger partial charge in [0.15, 0.2) is 0 Å². The lowest BCUT2D eigenvalue weighted by atomic mass is 10.0. The Balaban J connectivity index is 1.70. The first-order chi connectivity index (χ1) is 12.0. The fourth-order valence-corrected chi connectivity index (χ4v) is 2.65. The maximum atomic E-state index is 12.5. The number of anilines is 2. The monoisotopic (exact) mass is 338 g/mol. The second-order valence-electron chi connectivity index (χ2n) is 6.61. The van der Waals surface area contributed by atoms with Gasteiger partial charge in [-0.1, -0.05) is 19.9 Å². The van der Waals surface area contributed by atoms with E-state index >= 15 is 0 Å². The molecule has 25 heavy (non-hydrogen) atoms. The first-order valence-electron chi connectivity index (χ1n) is 8.48. The van der Waals surface area contributed by atoms with Crippen LogP contribution >= 0.6 is 0 Å². The average molecular weight is 338 g/mol. The minimum Gasteiger partial charge on any atom is -0.493 e. The summed E-state index contributed by atoms with van der Waals surface area (Å²) in [6.07, 6.45) is 1.16. The quantitative estimate of drug-likeness (QED) is 0.870. The van der Waals surface area contributed by atoms with E-state index in [0.29, 0.717) is 42.4 Å². The highest BCUT2D eigenvalue weighted by Gasteiger charge is 2.15. The van der Waals surface area contributed by atoms with Crippen molar-refractivity contribution in [2.24, 2.45) is 5.92 Å². The van der Waals surface area contributed by atoms with Gasteiger partial charge >= 0.3 is 0 Å². The predicted octanol–water partition coefficient (Wildman–Crippen LogP) is 3.86. The number of carbonyl (C=O) groups excluding carboxylic acids is 2. The van der Waals surface area contributed by atoms with E-state index in [0.717, 1.165) is 11.3 Å². The van der Waals surface area contributed by atoms with Crippen molar-refractivity contribution >= 4 is 23.2 Å². The fraction of sp³-hybridized carbons (Fsp3) is 0.300. The summed E-state index contributed by atoms with van der Waals surface area (Å²) >= 11 is 0. The molecule has 5 heteroatoms. The summed E-state index contributed by atoms with van der Waals surface area (Å²) in [7, 11) is 0. The number of ether oxygens (including phenoxy) is 1. The molecule has 2 N–H and O–H groups in total. The molecule has 0 fully saturated rings. The van der Waals surface area contributed by atoms with E-state index in [-0.39, 0.29) is 11.8 Å². The lowest BCUT2D eigenvalue weighted by molar-refractivity contribution is -0.116. The van der Waals surface area contributed by atoms with Gasteiger partial charge in [0, 0.05) is 23.4 Å². The summed E-state index contributed by atoms with van der Waals surface area (Å²) in [6.45, 7) is 4.77. The molecule has 0 spiro atoms. The number of hydrogen-bond acceptors (Lipinski definition) is 3. The molecule has 0 unspecified atom stereocenters. The molecule has 5 nitrogen and oxygen atoms in total. The van der Waals surface area contributed by atoms with E-state index in [1.807, 2.05) is 24.3 Å². The Bertz CT molecular complexity index is 799. The van der Waals surface area contributed by atoms with E-state index in [2.05, 4.69) is 24.5 Å². The molecule has 1 aliphatic heterocycles. The number of benzene rings is 2. The van der Waals surface area contributed by atoms with Gasteiger partial charge in [0.1, 0.15) is 5.75 Å². The van der Waals surface area contributed by atoms with Crippen LogP contribution in [0.15, 0.2) is 42.5 Å². The Morgan fingerprint density at radius 3 is 2.84 bits per heavy atom. The largest absolute Gasteiger partial charge is 0.493 e. The second kappa shape index (κ2) is 7.38. The second-order valence-corrected chi connectivity index (χ2v) is 6.61. The van der Waals surface area contributed by atoms with E-state index in [1.54, 1.807) is 18.2 Å². The van der Waals surface area contributed by atoms with Gasteiger partial charge in [-0.05, 0) is 54.3 Å². The summed E-state index contributed by atoms with van der Waals surface area (Å²) < 4.78 is 5.67. The molecule has 0 radical (unpaired) electrons. The molecule has 1 aliphatic rings. The first-order valence-corrected chi connectivity index (χ1v) is 8.48. The Morgan fingerprint density at radius 2 is 2.04 bits per heavy atom. The van der Waals surface area contributed by atoms with Gasteiger partial charge in [0.25, 0.3) is 5.91 Å². The number of aryl methyl sites for hydroxylation is 1. The molecule has 3 rings (SSSR count). The van der Waals surface area contributed by atoms with Crippen molar-refractivity contribution in [1.82, 2.24) is 0 Å². The van der Waals surface area contributed by atoms with Gasteiger partial charge in [-0.2, -0.15) is 0 Å². The minimum absolute atomic E-state index is 0.0301. The fourth-order valence-electron chi connectivity index (χ4n) is 2.65. The number of nitrogens with one attached hydrogen (secondary N) is 2. The van der Waals surface area contributed by atoms with Crippen molar-refractivity contribution in [3.8, 4) is 5.75 Å². The predicted molar refractivity (Wildman–Crippen MR) is 98.1 cm³/mol. The van der Waals surface area contributed by atoms with E-state index in [4.69, 9.17) is 4.74 Å². The van der Waals surface area contributed by atoms with Crippen LogP contribution in [-0.2, 0) is 11.2 Å². The molecular weight excluding hydrogens is 316 g/mol. The van der Waals surface area contributed by atoms with Crippen molar-refractivity contribution in [2.45, 2.75) is 26.7 Å². The molecule has 2 aromatic rings. The SMILES string of the molecule is CC(C)COc1cccc(C(=O)Nc2ccc3c(c2)CCC(=O)N3)c1. The number of fused-ring (bicyclic) bond motifs is 1. The molecular formula is C20H22N2O3. The van der Waals surface area contributed by atoms with Crippen molar-refractivity contribution in [3.63, 3.8) is 0 Å². The van der Waals surface area contributed by atoms with Gasteiger partial charge in [-0.25, -0.2) is 0 Å². The van der Waals surface area contributed by atoms with Crippen molar-refractivity contribution in [1.29, 1.82) is 0 Å². The average Bonchev–Trinajstić information content (AvgIpc) is 2.60. The van der Waals surface area contributed by atoms with E-state index in [9.17, 15) is 9.59 Å². The smallest absolute Gasteiger partial charge is 0.255 e. The van der Waals surface area contributed by atoms with Crippen LogP contribution in [-0.4, -0.2) is 18.4 Å². The van der Waals surface area contributed by atoms with Crippen LogP contribution in [0.1, 0.15) is 36.2 Å². The topological polar surface area (TPSA) is 67.4 Å². The van der Waals surface area contributed by atoms with Crippen molar-refractivity contribution in [2.75, 3.05) is 17.2 Å². The zero-order chi connectivity index (χ0) is 17.8. The molecule has 0 aliphatic carbocycles. The summed E-state index contributed by atoms with van der Waals surface area (Å²) in [5.74, 6) is 0.959. The van der Waals surface area contributed by atoms with Crippen LogP contribution in [0.2, 0.25) is 0 Å². The van der Waals surface area contributed by atoms with E-state index in [1.165, 1.54) is 0 Å². The molecule has 0 saturated heterocycles. The molecule has 2 amide bonds. The molecule has 2 aromatic carbocycles. The lowest BCUT2D eigenvalue weighted by Gasteiger charge is -2.17. The number of rotatable bonds is 5. The molecule has 0 saturated carbocycles. The highest BCUT2D eigenvalue weighted by atomic mass is 16.5. The van der Waals surface area contributed by atoms with Crippen LogP contribution in [0.5, 0.6) is 5.75 Å². The number of hydrogen-bond donors (Lipinski definition) is 2. The number of amides is 2. The van der Waals surface area contributed by atoms with Gasteiger partial charge in [-0.3, -0.25) is 9.59 Å². The maximum Gasteiger partial charge on any atom is 0.255 e. The van der Waals surface area contributed by atoms with Crippen molar-refractivity contribution < 1.29 is 14.3 Å².